The van der Waals surface area contributed by atoms with E-state index in [1.807, 2.05) is 48.5 Å². The number of nitrogens with zero attached hydrogens (tertiary/aromatic N) is 4. The van der Waals surface area contributed by atoms with Gasteiger partial charge in [0.15, 0.2) is 4.34 Å². The number of piperidine rings is 1. The zero-order chi connectivity index (χ0) is 16.2. The summed E-state index contributed by atoms with van der Waals surface area (Å²) in [5.74, 6) is 0.180. The van der Waals surface area contributed by atoms with Gasteiger partial charge < -0.3 is 4.90 Å². The lowest BCUT2D eigenvalue weighted by Gasteiger charge is -2.36. The quantitative estimate of drug-likeness (QED) is 0.778. The lowest BCUT2D eigenvalue weighted by molar-refractivity contribution is -0.125. The number of carbonyl (C=O) groups is 1. The lowest BCUT2D eigenvalue weighted by atomic mass is 10.0. The minimum Gasteiger partial charge on any atom is -0.311 e. The predicted molar refractivity (Wildman–Crippen MR) is 95.0 cm³/mol. The molecule has 1 aromatic heterocycles. The number of aromatic nitrogens is 2. The highest BCUT2D eigenvalue weighted by atomic mass is 32.2. The summed E-state index contributed by atoms with van der Waals surface area (Å²) < 4.78 is 0.967. The molecule has 1 aliphatic heterocycles. The molecule has 3 rings (SSSR count). The fourth-order valence-corrected chi connectivity index (χ4v) is 4.22. The first-order valence-electron chi connectivity index (χ1n) is 7.62. The molecule has 0 aliphatic carbocycles. The highest BCUT2D eigenvalue weighted by Gasteiger charge is 2.32. The van der Waals surface area contributed by atoms with E-state index in [0.717, 1.165) is 34.4 Å². The Labute approximate surface area is 144 Å². The Kier molecular flexibility index (Phi) is 5.30. The first-order valence-corrected chi connectivity index (χ1v) is 9.66. The second-order valence-electron chi connectivity index (χ2n) is 5.56. The summed E-state index contributed by atoms with van der Waals surface area (Å²) in [6, 6.07) is 9.82. The molecule has 23 heavy (non-hydrogen) atoms. The number of likely N-dealkylation sites (N-methyl/N-ethyl adjacent to an activating group) is 1. The van der Waals surface area contributed by atoms with Crippen molar-refractivity contribution in [3.05, 3.63) is 35.3 Å². The van der Waals surface area contributed by atoms with Crippen LogP contribution in [0.3, 0.4) is 0 Å². The Balaban J connectivity index is 1.70. The largest absolute Gasteiger partial charge is 0.311 e. The van der Waals surface area contributed by atoms with Gasteiger partial charge in [0.25, 0.3) is 0 Å². The number of benzene rings is 1. The summed E-state index contributed by atoms with van der Waals surface area (Å²) in [4.78, 5) is 16.9. The van der Waals surface area contributed by atoms with E-state index in [1.165, 1.54) is 0 Å². The molecule has 1 aliphatic rings. The van der Waals surface area contributed by atoms with E-state index in [4.69, 9.17) is 0 Å². The zero-order valence-electron chi connectivity index (χ0n) is 13.3. The van der Waals surface area contributed by atoms with E-state index in [-0.39, 0.29) is 11.9 Å². The third kappa shape index (κ3) is 3.73. The zero-order valence-corrected chi connectivity index (χ0v) is 14.9. The van der Waals surface area contributed by atoms with Crippen molar-refractivity contribution in [3.63, 3.8) is 0 Å². The number of thioether (sulfide) groups is 1. The molecular formula is C16H20N4OS2. The SMILES string of the molecule is CSc1nnc(CN(C)[C@@H]2CCCN(c3ccccc3)C2=O)s1. The van der Waals surface area contributed by atoms with Crippen LogP contribution < -0.4 is 4.90 Å². The predicted octanol–water partition coefficient (Wildman–Crippen LogP) is 2.89. The Bertz CT molecular complexity index is 661. The molecule has 1 saturated heterocycles. The molecule has 0 spiro atoms. The summed E-state index contributed by atoms with van der Waals surface area (Å²) >= 11 is 3.20. The van der Waals surface area contributed by atoms with Crippen molar-refractivity contribution >= 4 is 34.7 Å². The van der Waals surface area contributed by atoms with Gasteiger partial charge in [-0.1, -0.05) is 41.3 Å². The molecule has 1 fully saturated rings. The van der Waals surface area contributed by atoms with Gasteiger partial charge in [0, 0.05) is 12.2 Å². The number of amides is 1. The van der Waals surface area contributed by atoms with Crippen molar-refractivity contribution in [2.45, 2.75) is 29.8 Å². The van der Waals surface area contributed by atoms with Crippen molar-refractivity contribution in [2.24, 2.45) is 0 Å². The number of para-hydroxylation sites is 1. The number of hydrogen-bond acceptors (Lipinski definition) is 6. The standard InChI is InChI=1S/C16H20N4OS2/c1-19(11-14-17-18-16(22-2)23-14)13-9-6-10-20(15(13)21)12-7-4-3-5-8-12/h3-5,7-8,13H,6,9-11H2,1-2H3/t13-/m1/s1. The van der Waals surface area contributed by atoms with E-state index in [1.54, 1.807) is 23.1 Å². The highest BCUT2D eigenvalue weighted by molar-refractivity contribution is 8.00. The molecule has 0 bridgehead atoms. The van der Waals surface area contributed by atoms with E-state index in [9.17, 15) is 4.79 Å². The van der Waals surface area contributed by atoms with Crippen LogP contribution in [-0.2, 0) is 11.3 Å². The summed E-state index contributed by atoms with van der Waals surface area (Å²) in [6.07, 6.45) is 3.91. The minimum absolute atomic E-state index is 0.0921. The van der Waals surface area contributed by atoms with Crippen LogP contribution in [0.15, 0.2) is 34.7 Å². The molecule has 5 nitrogen and oxygen atoms in total. The van der Waals surface area contributed by atoms with Crippen LogP contribution in [0.2, 0.25) is 0 Å². The average Bonchev–Trinajstić information content (AvgIpc) is 3.03. The molecule has 0 N–H and O–H groups in total. The molecule has 122 valence electrons. The van der Waals surface area contributed by atoms with Crippen molar-refractivity contribution in [2.75, 3.05) is 24.7 Å². The molecule has 0 saturated carbocycles. The Morgan fingerprint density at radius 2 is 2.13 bits per heavy atom. The van der Waals surface area contributed by atoms with Crippen LogP contribution >= 0.6 is 23.1 Å². The molecule has 0 radical (unpaired) electrons. The van der Waals surface area contributed by atoms with Gasteiger partial charge in [-0.15, -0.1) is 10.2 Å². The first-order chi connectivity index (χ1) is 11.2. The maximum atomic E-state index is 12.9. The summed E-state index contributed by atoms with van der Waals surface area (Å²) in [6.45, 7) is 1.46. The third-order valence-electron chi connectivity index (χ3n) is 4.02. The van der Waals surface area contributed by atoms with Crippen molar-refractivity contribution in [1.29, 1.82) is 0 Å². The Morgan fingerprint density at radius 1 is 1.35 bits per heavy atom. The van der Waals surface area contributed by atoms with E-state index in [2.05, 4.69) is 15.1 Å². The summed E-state index contributed by atoms with van der Waals surface area (Å²) in [5, 5.41) is 9.29. The number of anilines is 1. The lowest BCUT2D eigenvalue weighted by Crippen LogP contribution is -2.51. The molecule has 2 aromatic rings. The molecule has 0 unspecified atom stereocenters. The third-order valence-corrected chi connectivity index (χ3v) is 5.90. The monoisotopic (exact) mass is 348 g/mol. The van der Waals surface area contributed by atoms with Gasteiger partial charge in [-0.3, -0.25) is 9.69 Å². The van der Waals surface area contributed by atoms with E-state index in [0.29, 0.717) is 6.54 Å². The van der Waals surface area contributed by atoms with Crippen molar-refractivity contribution in [1.82, 2.24) is 15.1 Å². The van der Waals surface area contributed by atoms with Crippen LogP contribution in [0.4, 0.5) is 5.69 Å². The van der Waals surface area contributed by atoms with Crippen molar-refractivity contribution < 1.29 is 4.79 Å². The second kappa shape index (κ2) is 7.42. The van der Waals surface area contributed by atoms with E-state index >= 15 is 0 Å². The van der Waals surface area contributed by atoms with Crippen molar-refractivity contribution in [3.8, 4) is 0 Å². The van der Waals surface area contributed by atoms with Gasteiger partial charge in [-0.25, -0.2) is 0 Å². The maximum absolute atomic E-state index is 12.9. The Hall–Kier alpha value is -1.44. The maximum Gasteiger partial charge on any atom is 0.244 e. The molecule has 2 heterocycles. The number of rotatable bonds is 5. The van der Waals surface area contributed by atoms with Gasteiger partial charge >= 0.3 is 0 Å². The second-order valence-corrected chi connectivity index (χ2v) is 7.68. The fraction of sp³-hybridized carbons (Fsp3) is 0.438. The normalized spacial score (nSPS) is 18.7. The molecular weight excluding hydrogens is 328 g/mol. The van der Waals surface area contributed by atoms with Gasteiger partial charge in [0.05, 0.1) is 12.6 Å². The molecule has 1 atom stereocenters. The minimum atomic E-state index is -0.0921. The van der Waals surface area contributed by atoms with Crippen LogP contribution in [0.1, 0.15) is 17.8 Å². The Morgan fingerprint density at radius 3 is 2.83 bits per heavy atom. The van der Waals surface area contributed by atoms with Gasteiger partial charge in [0.2, 0.25) is 5.91 Å². The highest BCUT2D eigenvalue weighted by Crippen LogP contribution is 2.25. The first kappa shape index (κ1) is 16.4. The van der Waals surface area contributed by atoms with Gasteiger partial charge in [-0.2, -0.15) is 0 Å². The summed E-state index contributed by atoms with van der Waals surface area (Å²) in [7, 11) is 2.00. The fourth-order valence-electron chi connectivity index (χ4n) is 2.84. The smallest absolute Gasteiger partial charge is 0.244 e. The van der Waals surface area contributed by atoms with Crippen LogP contribution in [0.5, 0.6) is 0 Å². The summed E-state index contributed by atoms with van der Waals surface area (Å²) in [5.41, 5.74) is 0.983. The topological polar surface area (TPSA) is 49.3 Å². The number of hydrogen-bond donors (Lipinski definition) is 0. The van der Waals surface area contributed by atoms with Crippen LogP contribution in [0.25, 0.3) is 0 Å². The van der Waals surface area contributed by atoms with Crippen LogP contribution in [-0.4, -0.2) is 46.9 Å². The average molecular weight is 348 g/mol. The van der Waals surface area contributed by atoms with E-state index < -0.39 is 0 Å². The van der Waals surface area contributed by atoms with Gasteiger partial charge in [-0.05, 0) is 38.3 Å². The van der Waals surface area contributed by atoms with Gasteiger partial charge in [0.1, 0.15) is 5.01 Å². The molecule has 7 heteroatoms. The van der Waals surface area contributed by atoms with Crippen LogP contribution in [0, 0.1) is 0 Å². The molecule has 1 amide bonds. The number of carbonyl (C=O) groups excluding carboxylic acids is 1. The molecule has 1 aromatic carbocycles.